The van der Waals surface area contributed by atoms with Gasteiger partial charge in [-0.3, -0.25) is 0 Å². The molecule has 0 spiro atoms. The van der Waals surface area contributed by atoms with Crippen molar-refractivity contribution in [2.75, 3.05) is 5.32 Å². The Bertz CT molecular complexity index is 521. The number of fused-ring (bicyclic) bond motifs is 1. The second-order valence-corrected chi connectivity index (χ2v) is 5.68. The van der Waals surface area contributed by atoms with E-state index in [1.807, 2.05) is 0 Å². The molecule has 0 aromatic heterocycles. The first-order valence-electron chi connectivity index (χ1n) is 6.66. The zero-order valence-corrected chi connectivity index (χ0v) is 12.6. The molecule has 0 saturated heterocycles. The van der Waals surface area contributed by atoms with Crippen LogP contribution >= 0.6 is 15.9 Å². The summed E-state index contributed by atoms with van der Waals surface area (Å²) in [7, 11) is 0. The summed E-state index contributed by atoms with van der Waals surface area (Å²) in [5.41, 5.74) is 1.23. The van der Waals surface area contributed by atoms with Crippen molar-refractivity contribution in [1.29, 1.82) is 0 Å². The fourth-order valence-electron chi connectivity index (χ4n) is 2.24. The first kappa shape index (κ1) is 13.4. The Kier molecular flexibility index (Phi) is 4.65. The summed E-state index contributed by atoms with van der Waals surface area (Å²) >= 11 is 3.61. The molecule has 0 amide bonds. The molecule has 1 unspecified atom stereocenters. The highest BCUT2D eigenvalue weighted by molar-refractivity contribution is 9.10. The number of halogens is 1. The maximum absolute atomic E-state index is 3.63. The number of hydrogen-bond donors (Lipinski definition) is 1. The van der Waals surface area contributed by atoms with Crippen LogP contribution in [0.2, 0.25) is 0 Å². The Morgan fingerprint density at radius 2 is 1.83 bits per heavy atom. The number of unbranched alkanes of at least 4 members (excludes halogenated alkanes) is 1. The largest absolute Gasteiger partial charge is 0.382 e. The van der Waals surface area contributed by atoms with E-state index in [0.717, 1.165) is 4.47 Å². The van der Waals surface area contributed by atoms with Crippen molar-refractivity contribution in [2.45, 2.75) is 39.2 Å². The molecule has 0 aliphatic rings. The third-order valence-electron chi connectivity index (χ3n) is 3.26. The van der Waals surface area contributed by atoms with Crippen molar-refractivity contribution in [3.8, 4) is 0 Å². The predicted molar refractivity (Wildman–Crippen MR) is 84.3 cm³/mol. The van der Waals surface area contributed by atoms with Gasteiger partial charge in [-0.2, -0.15) is 0 Å². The van der Waals surface area contributed by atoms with E-state index in [0.29, 0.717) is 6.04 Å². The molecule has 0 saturated carbocycles. The van der Waals surface area contributed by atoms with Crippen LogP contribution in [0.5, 0.6) is 0 Å². The van der Waals surface area contributed by atoms with Gasteiger partial charge in [0.2, 0.25) is 0 Å². The van der Waals surface area contributed by atoms with E-state index in [2.05, 4.69) is 71.5 Å². The molecule has 0 aliphatic carbocycles. The molecule has 2 rings (SSSR count). The summed E-state index contributed by atoms with van der Waals surface area (Å²) in [5, 5.41) is 6.18. The Balaban J connectivity index is 2.26. The molecule has 1 atom stereocenters. The summed E-state index contributed by atoms with van der Waals surface area (Å²) in [6, 6.07) is 13.3. The smallest absolute Gasteiger partial charge is 0.0422 e. The van der Waals surface area contributed by atoms with Crippen molar-refractivity contribution in [1.82, 2.24) is 0 Å². The van der Waals surface area contributed by atoms with Crippen LogP contribution in [0.3, 0.4) is 0 Å². The third-order valence-corrected chi connectivity index (χ3v) is 3.95. The van der Waals surface area contributed by atoms with Gasteiger partial charge in [0.25, 0.3) is 0 Å². The lowest BCUT2D eigenvalue weighted by atomic mass is 10.1. The lowest BCUT2D eigenvalue weighted by Crippen LogP contribution is -2.14. The second kappa shape index (κ2) is 6.24. The van der Waals surface area contributed by atoms with Gasteiger partial charge in [-0.25, -0.2) is 0 Å². The highest BCUT2D eigenvalue weighted by Gasteiger charge is 2.06. The predicted octanol–water partition coefficient (Wildman–Crippen LogP) is 5.59. The Labute approximate surface area is 118 Å². The van der Waals surface area contributed by atoms with E-state index in [4.69, 9.17) is 0 Å². The molecule has 0 bridgehead atoms. The van der Waals surface area contributed by atoms with E-state index < -0.39 is 0 Å². The van der Waals surface area contributed by atoms with Crippen molar-refractivity contribution in [2.24, 2.45) is 0 Å². The second-order valence-electron chi connectivity index (χ2n) is 4.83. The summed E-state index contributed by atoms with van der Waals surface area (Å²) in [6.45, 7) is 4.49. The molecular weight excluding hydrogens is 286 g/mol. The van der Waals surface area contributed by atoms with Crippen LogP contribution in [0.1, 0.15) is 33.1 Å². The average molecular weight is 306 g/mol. The molecule has 0 radical (unpaired) electrons. The molecular formula is C16H20BrN. The summed E-state index contributed by atoms with van der Waals surface area (Å²) in [4.78, 5) is 0. The van der Waals surface area contributed by atoms with Crippen molar-refractivity contribution >= 4 is 32.4 Å². The average Bonchev–Trinajstić information content (AvgIpc) is 2.40. The molecule has 96 valence electrons. The van der Waals surface area contributed by atoms with Gasteiger partial charge in [0.05, 0.1) is 0 Å². The van der Waals surface area contributed by atoms with Crippen molar-refractivity contribution in [3.05, 3.63) is 40.9 Å². The number of benzene rings is 2. The maximum Gasteiger partial charge on any atom is 0.0422 e. The fourth-order valence-corrected chi connectivity index (χ4v) is 2.71. The van der Waals surface area contributed by atoms with E-state index >= 15 is 0 Å². The van der Waals surface area contributed by atoms with Gasteiger partial charge in [0.15, 0.2) is 0 Å². The van der Waals surface area contributed by atoms with Crippen LogP contribution in [0.25, 0.3) is 10.8 Å². The first-order chi connectivity index (χ1) is 8.72. The zero-order chi connectivity index (χ0) is 13.0. The van der Waals surface area contributed by atoms with Crippen LogP contribution in [-0.2, 0) is 0 Å². The minimum Gasteiger partial charge on any atom is -0.382 e. The van der Waals surface area contributed by atoms with Gasteiger partial charge in [-0.15, -0.1) is 0 Å². The zero-order valence-electron chi connectivity index (χ0n) is 11.0. The molecule has 0 fully saturated rings. The standard InChI is InChI=1S/C16H20BrN/c1-3-4-7-12(2)18-16-11-10-15(17)13-8-5-6-9-14(13)16/h5-6,8-12,18H,3-4,7H2,1-2H3. The topological polar surface area (TPSA) is 12.0 Å². The highest BCUT2D eigenvalue weighted by atomic mass is 79.9. The Morgan fingerprint density at radius 1 is 1.11 bits per heavy atom. The van der Waals surface area contributed by atoms with Crippen LogP contribution in [0.15, 0.2) is 40.9 Å². The van der Waals surface area contributed by atoms with E-state index in [-0.39, 0.29) is 0 Å². The molecule has 2 aromatic rings. The van der Waals surface area contributed by atoms with Crippen molar-refractivity contribution < 1.29 is 0 Å². The lowest BCUT2D eigenvalue weighted by molar-refractivity contribution is 0.645. The van der Waals surface area contributed by atoms with Gasteiger partial charge < -0.3 is 5.32 Å². The number of hydrogen-bond acceptors (Lipinski definition) is 1. The van der Waals surface area contributed by atoms with E-state index in [1.54, 1.807) is 0 Å². The molecule has 2 aromatic carbocycles. The molecule has 2 heteroatoms. The lowest BCUT2D eigenvalue weighted by Gasteiger charge is -2.17. The van der Waals surface area contributed by atoms with E-state index in [9.17, 15) is 0 Å². The third kappa shape index (κ3) is 3.05. The van der Waals surface area contributed by atoms with E-state index in [1.165, 1.54) is 35.7 Å². The maximum atomic E-state index is 3.63. The SMILES string of the molecule is CCCCC(C)Nc1ccc(Br)c2ccccc12. The molecule has 1 N–H and O–H groups in total. The minimum absolute atomic E-state index is 0.523. The van der Waals surface area contributed by atoms with Gasteiger partial charge >= 0.3 is 0 Å². The number of anilines is 1. The molecule has 0 heterocycles. The number of nitrogens with one attached hydrogen (secondary N) is 1. The molecule has 0 aliphatic heterocycles. The van der Waals surface area contributed by atoms with Crippen LogP contribution in [0, 0.1) is 0 Å². The normalized spacial score (nSPS) is 12.6. The van der Waals surface area contributed by atoms with Crippen LogP contribution in [0.4, 0.5) is 5.69 Å². The van der Waals surface area contributed by atoms with Gasteiger partial charge in [0.1, 0.15) is 0 Å². The summed E-state index contributed by atoms with van der Waals surface area (Å²) in [5.74, 6) is 0. The van der Waals surface area contributed by atoms with Gasteiger partial charge in [-0.05, 0) is 30.9 Å². The Hall–Kier alpha value is -1.02. The monoisotopic (exact) mass is 305 g/mol. The number of rotatable bonds is 5. The highest BCUT2D eigenvalue weighted by Crippen LogP contribution is 2.30. The van der Waals surface area contributed by atoms with Crippen molar-refractivity contribution in [3.63, 3.8) is 0 Å². The van der Waals surface area contributed by atoms with Gasteiger partial charge in [-0.1, -0.05) is 60.0 Å². The van der Waals surface area contributed by atoms with Crippen LogP contribution < -0.4 is 5.32 Å². The molecule has 18 heavy (non-hydrogen) atoms. The fraction of sp³-hybridized carbons (Fsp3) is 0.375. The van der Waals surface area contributed by atoms with Crippen LogP contribution in [-0.4, -0.2) is 6.04 Å². The van der Waals surface area contributed by atoms with Gasteiger partial charge in [0, 0.05) is 21.6 Å². The quantitative estimate of drug-likeness (QED) is 0.759. The molecule has 1 nitrogen and oxygen atoms in total. The summed E-state index contributed by atoms with van der Waals surface area (Å²) < 4.78 is 1.16. The Morgan fingerprint density at radius 3 is 2.56 bits per heavy atom. The summed E-state index contributed by atoms with van der Waals surface area (Å²) in [6.07, 6.45) is 3.76. The first-order valence-corrected chi connectivity index (χ1v) is 7.45. The minimum atomic E-state index is 0.523.